The van der Waals surface area contributed by atoms with Gasteiger partial charge in [-0.3, -0.25) is 19.2 Å². The molecule has 0 atom stereocenters. The first-order chi connectivity index (χ1) is 11.8. The third-order valence-corrected chi connectivity index (χ3v) is 4.15. The van der Waals surface area contributed by atoms with Gasteiger partial charge in [0.25, 0.3) is 5.56 Å². The third-order valence-electron chi connectivity index (χ3n) is 4.15. The molecule has 1 rings (SSSR count). The molecule has 0 radical (unpaired) electrons. The molecule has 142 valence electrons. The predicted molar refractivity (Wildman–Crippen MR) is 101 cm³/mol. The Morgan fingerprint density at radius 2 is 1.84 bits per heavy atom. The minimum absolute atomic E-state index is 0.0822. The van der Waals surface area contributed by atoms with Crippen LogP contribution in [0.25, 0.3) is 0 Å². The molecule has 0 amide bonds. The van der Waals surface area contributed by atoms with Gasteiger partial charge in [0.2, 0.25) is 0 Å². The topological polar surface area (TPSA) is 85.3 Å². The van der Waals surface area contributed by atoms with Gasteiger partial charge in [-0.1, -0.05) is 20.3 Å². The van der Waals surface area contributed by atoms with Crippen LogP contribution in [0.4, 0.5) is 15.9 Å². The van der Waals surface area contributed by atoms with E-state index in [2.05, 4.69) is 5.32 Å². The quantitative estimate of drug-likeness (QED) is 0.518. The van der Waals surface area contributed by atoms with E-state index >= 15 is 0 Å². The number of hydrogen-bond donors (Lipinski definition) is 2. The highest BCUT2D eigenvalue weighted by Crippen LogP contribution is 2.20. The van der Waals surface area contributed by atoms with E-state index in [4.69, 9.17) is 5.73 Å². The van der Waals surface area contributed by atoms with Crippen molar-refractivity contribution < 1.29 is 4.39 Å². The van der Waals surface area contributed by atoms with E-state index in [0.29, 0.717) is 18.7 Å². The van der Waals surface area contributed by atoms with E-state index < -0.39 is 11.2 Å². The number of nitrogen functional groups attached to an aromatic ring is 1. The normalized spacial score (nSPS) is 12.2. The largest absolute Gasteiger partial charge is 0.383 e. The van der Waals surface area contributed by atoms with Crippen LogP contribution in [0, 0.1) is 0 Å². The summed E-state index contributed by atoms with van der Waals surface area (Å²) in [5, 5.41) is 3.22. The van der Waals surface area contributed by atoms with Crippen LogP contribution in [-0.4, -0.2) is 28.9 Å². The maximum absolute atomic E-state index is 13.9. The first-order valence-electron chi connectivity index (χ1n) is 8.61. The number of nitrogens with one attached hydrogen (secondary N) is 1. The lowest BCUT2D eigenvalue weighted by molar-refractivity contribution is 0.592. The molecule has 25 heavy (non-hydrogen) atoms. The Bertz CT molecular complexity index is 732. The van der Waals surface area contributed by atoms with Crippen molar-refractivity contribution in [2.75, 3.05) is 30.4 Å². The molecule has 0 saturated carbocycles. The summed E-state index contributed by atoms with van der Waals surface area (Å²) in [6.07, 6.45) is 2.32. The number of hydrogen-bond acceptors (Lipinski definition) is 5. The maximum atomic E-state index is 13.9. The van der Waals surface area contributed by atoms with Crippen molar-refractivity contribution in [3.8, 4) is 0 Å². The molecule has 1 heterocycles. The van der Waals surface area contributed by atoms with Crippen molar-refractivity contribution in [3.05, 3.63) is 32.2 Å². The Kier molecular flexibility index (Phi) is 7.89. The van der Waals surface area contributed by atoms with Crippen LogP contribution in [0.15, 0.2) is 21.0 Å². The van der Waals surface area contributed by atoms with E-state index in [1.54, 1.807) is 4.90 Å². The van der Waals surface area contributed by atoms with Crippen molar-refractivity contribution in [3.63, 3.8) is 0 Å². The van der Waals surface area contributed by atoms with Gasteiger partial charge in [0, 0.05) is 20.6 Å². The van der Waals surface area contributed by atoms with Crippen molar-refractivity contribution in [1.82, 2.24) is 14.5 Å². The second-order valence-electron chi connectivity index (χ2n) is 6.18. The van der Waals surface area contributed by atoms with Crippen molar-refractivity contribution in [1.29, 1.82) is 0 Å². The van der Waals surface area contributed by atoms with Crippen LogP contribution in [0.5, 0.6) is 0 Å². The zero-order valence-electron chi connectivity index (χ0n) is 15.9. The van der Waals surface area contributed by atoms with Crippen LogP contribution < -0.4 is 27.2 Å². The lowest BCUT2D eigenvalue weighted by atomic mass is 10.1. The molecule has 0 aliphatic heterocycles. The molecule has 0 saturated heterocycles. The minimum atomic E-state index is -0.487. The summed E-state index contributed by atoms with van der Waals surface area (Å²) in [5.41, 5.74) is 5.92. The van der Waals surface area contributed by atoms with Crippen molar-refractivity contribution >= 4 is 11.5 Å². The summed E-state index contributed by atoms with van der Waals surface area (Å²) in [7, 11) is 2.93. The number of nitrogens with zero attached hydrogens (tertiary/aromatic N) is 3. The van der Waals surface area contributed by atoms with Crippen LogP contribution in [0.2, 0.25) is 0 Å². The summed E-state index contributed by atoms with van der Waals surface area (Å²) in [4.78, 5) is 26.4. The Morgan fingerprint density at radius 3 is 2.36 bits per heavy atom. The molecule has 8 heteroatoms. The van der Waals surface area contributed by atoms with Crippen LogP contribution in [0.3, 0.4) is 0 Å². The van der Waals surface area contributed by atoms with Crippen LogP contribution >= 0.6 is 0 Å². The molecule has 7 nitrogen and oxygen atoms in total. The van der Waals surface area contributed by atoms with Gasteiger partial charge < -0.3 is 10.6 Å². The monoisotopic (exact) mass is 355 g/mol. The van der Waals surface area contributed by atoms with Gasteiger partial charge in [-0.2, -0.15) is 0 Å². The molecular weight excluding hydrogens is 325 g/mol. The zero-order chi connectivity index (χ0) is 19.1. The number of halogens is 1. The van der Waals surface area contributed by atoms with Gasteiger partial charge in [-0.25, -0.2) is 9.18 Å². The average Bonchev–Trinajstić information content (AvgIpc) is 2.57. The summed E-state index contributed by atoms with van der Waals surface area (Å²) < 4.78 is 16.2. The summed E-state index contributed by atoms with van der Waals surface area (Å²) in [6, 6.07) is 0. The van der Waals surface area contributed by atoms with Gasteiger partial charge in [0.1, 0.15) is 11.5 Å². The molecule has 0 aliphatic carbocycles. The SMILES string of the molecule is CCCNCN(C/C(CCC)=C(/C)F)c1c(N)n(C)c(=O)n(C)c1=O. The van der Waals surface area contributed by atoms with Crippen LogP contribution in [-0.2, 0) is 14.1 Å². The smallest absolute Gasteiger partial charge is 0.332 e. The fourth-order valence-electron chi connectivity index (χ4n) is 2.64. The molecule has 3 N–H and O–H groups in total. The highest BCUT2D eigenvalue weighted by Gasteiger charge is 2.21. The van der Waals surface area contributed by atoms with Gasteiger partial charge in [-0.15, -0.1) is 0 Å². The fourth-order valence-corrected chi connectivity index (χ4v) is 2.64. The molecule has 1 aromatic heterocycles. The van der Waals surface area contributed by atoms with E-state index in [1.807, 2.05) is 13.8 Å². The van der Waals surface area contributed by atoms with E-state index in [9.17, 15) is 14.0 Å². The van der Waals surface area contributed by atoms with Crippen molar-refractivity contribution in [2.24, 2.45) is 14.1 Å². The van der Waals surface area contributed by atoms with E-state index in [0.717, 1.165) is 24.0 Å². The molecule has 0 unspecified atom stereocenters. The maximum Gasteiger partial charge on any atom is 0.332 e. The second-order valence-corrected chi connectivity index (χ2v) is 6.18. The number of allylic oxidation sites excluding steroid dienone is 1. The molecule has 0 aromatic carbocycles. The highest BCUT2D eigenvalue weighted by molar-refractivity contribution is 5.63. The molecule has 1 aromatic rings. The molecule has 0 bridgehead atoms. The Labute approximate surface area is 147 Å². The van der Waals surface area contributed by atoms with Crippen molar-refractivity contribution in [2.45, 2.75) is 40.0 Å². The standard InChI is InChI=1S/C17H30FN5O2/c1-6-8-13(12(3)18)10-23(11-20-9-7-2)14-15(19)21(4)17(25)22(5)16(14)24/h20H,6-11,19H2,1-5H3/b13-12-. The second kappa shape index (κ2) is 9.41. The van der Waals surface area contributed by atoms with Gasteiger partial charge >= 0.3 is 5.69 Å². The average molecular weight is 355 g/mol. The minimum Gasteiger partial charge on any atom is -0.383 e. The number of aromatic nitrogens is 2. The lowest BCUT2D eigenvalue weighted by Gasteiger charge is -2.28. The Hall–Kier alpha value is -2.09. The predicted octanol–water partition coefficient (Wildman–Crippen LogP) is 1.47. The highest BCUT2D eigenvalue weighted by atomic mass is 19.1. The molecule has 0 aliphatic rings. The van der Waals surface area contributed by atoms with Gasteiger partial charge in [0.15, 0.2) is 0 Å². The van der Waals surface area contributed by atoms with Crippen LogP contribution in [0.1, 0.15) is 40.0 Å². The summed E-state index contributed by atoms with van der Waals surface area (Å²) >= 11 is 0. The summed E-state index contributed by atoms with van der Waals surface area (Å²) in [5.74, 6) is -0.165. The third kappa shape index (κ3) is 4.94. The fraction of sp³-hybridized carbons (Fsp3) is 0.647. The van der Waals surface area contributed by atoms with Gasteiger partial charge in [-0.05, 0) is 31.9 Å². The van der Waals surface area contributed by atoms with E-state index in [-0.39, 0.29) is 23.9 Å². The number of rotatable bonds is 9. The first kappa shape index (κ1) is 21.0. The molecule has 0 spiro atoms. The van der Waals surface area contributed by atoms with E-state index in [1.165, 1.54) is 25.6 Å². The molecule has 0 fully saturated rings. The Morgan fingerprint density at radius 1 is 1.20 bits per heavy atom. The number of anilines is 2. The lowest BCUT2D eigenvalue weighted by Crippen LogP contribution is -2.45. The first-order valence-corrected chi connectivity index (χ1v) is 8.61. The van der Waals surface area contributed by atoms with Gasteiger partial charge in [0.05, 0.1) is 12.5 Å². The summed E-state index contributed by atoms with van der Waals surface area (Å²) in [6.45, 7) is 6.76. The number of nitrogens with two attached hydrogens (primary N) is 1. The Balaban J connectivity index is 3.41. The molecular formula is C17H30FN5O2. The zero-order valence-corrected chi connectivity index (χ0v) is 15.9.